The van der Waals surface area contributed by atoms with Gasteiger partial charge in [-0.15, -0.1) is 0 Å². The van der Waals surface area contributed by atoms with Crippen LogP contribution in [0.5, 0.6) is 0 Å². The number of rotatable bonds is 6. The van der Waals surface area contributed by atoms with Crippen LogP contribution in [0.15, 0.2) is 24.3 Å². The number of carbonyl (C=O) groups excluding carboxylic acids is 1. The van der Waals surface area contributed by atoms with Crippen molar-refractivity contribution in [2.75, 3.05) is 26.8 Å². The molecular formula is C17H26N2O2. The zero-order valence-electron chi connectivity index (χ0n) is 13.2. The van der Waals surface area contributed by atoms with E-state index in [0.717, 1.165) is 24.9 Å². The van der Waals surface area contributed by atoms with Gasteiger partial charge in [0.1, 0.15) is 6.04 Å². The molecular weight excluding hydrogens is 264 g/mol. The number of amides is 1. The van der Waals surface area contributed by atoms with Crippen molar-refractivity contribution in [2.24, 2.45) is 5.41 Å². The first-order valence-corrected chi connectivity index (χ1v) is 7.61. The average molecular weight is 290 g/mol. The van der Waals surface area contributed by atoms with E-state index in [4.69, 9.17) is 4.74 Å². The molecule has 1 aromatic rings. The zero-order chi connectivity index (χ0) is 15.3. The highest BCUT2D eigenvalue weighted by molar-refractivity contribution is 5.84. The Bertz CT molecular complexity index is 485. The molecule has 2 N–H and O–H groups in total. The van der Waals surface area contributed by atoms with Crippen molar-refractivity contribution in [3.05, 3.63) is 35.4 Å². The summed E-state index contributed by atoms with van der Waals surface area (Å²) in [7, 11) is 1.71. The molecule has 0 saturated carbocycles. The number of methoxy groups -OCH3 is 1. The molecule has 1 aliphatic rings. The van der Waals surface area contributed by atoms with Crippen LogP contribution in [-0.4, -0.2) is 32.7 Å². The fraction of sp³-hybridized carbons (Fsp3) is 0.588. The highest BCUT2D eigenvalue weighted by Gasteiger charge is 2.27. The van der Waals surface area contributed by atoms with E-state index in [-0.39, 0.29) is 17.4 Å². The number of carbonyl (C=O) groups is 1. The normalized spacial score (nSPS) is 18.1. The number of nitrogens with one attached hydrogen (secondary N) is 2. The van der Waals surface area contributed by atoms with Crippen LogP contribution in [-0.2, 0) is 16.0 Å². The van der Waals surface area contributed by atoms with E-state index in [1.54, 1.807) is 7.11 Å². The van der Waals surface area contributed by atoms with Gasteiger partial charge in [0.25, 0.3) is 0 Å². The molecule has 4 nitrogen and oxygen atoms in total. The van der Waals surface area contributed by atoms with E-state index < -0.39 is 0 Å². The Labute approximate surface area is 127 Å². The Kier molecular flexibility index (Phi) is 5.37. The molecule has 1 aromatic carbocycles. The minimum absolute atomic E-state index is 0.0415. The van der Waals surface area contributed by atoms with Crippen molar-refractivity contribution in [3.8, 4) is 0 Å². The van der Waals surface area contributed by atoms with Crippen LogP contribution in [0.2, 0.25) is 0 Å². The van der Waals surface area contributed by atoms with Gasteiger partial charge in [0.2, 0.25) is 5.91 Å². The van der Waals surface area contributed by atoms with E-state index >= 15 is 0 Å². The molecule has 0 spiro atoms. The van der Waals surface area contributed by atoms with Gasteiger partial charge in [-0.3, -0.25) is 4.79 Å². The van der Waals surface area contributed by atoms with Crippen LogP contribution in [0.4, 0.5) is 0 Å². The summed E-state index contributed by atoms with van der Waals surface area (Å²) in [6, 6.07) is 7.95. The standard InChI is InChI=1S/C17H26N2O2/c1-17(2,9-11-21-3)12-19-16(20)15-14-7-5-4-6-13(14)8-10-18-15/h4-7,15,18H,8-12H2,1-3H3,(H,19,20). The molecule has 2 rings (SSSR count). The topological polar surface area (TPSA) is 50.4 Å². The van der Waals surface area contributed by atoms with Gasteiger partial charge in [-0.25, -0.2) is 0 Å². The fourth-order valence-electron chi connectivity index (χ4n) is 2.63. The molecule has 116 valence electrons. The molecule has 1 aliphatic heterocycles. The van der Waals surface area contributed by atoms with Crippen LogP contribution >= 0.6 is 0 Å². The number of ether oxygens (including phenoxy) is 1. The molecule has 1 amide bonds. The predicted molar refractivity (Wildman–Crippen MR) is 84.2 cm³/mol. The number of fused-ring (bicyclic) bond motifs is 1. The van der Waals surface area contributed by atoms with Gasteiger partial charge >= 0.3 is 0 Å². The van der Waals surface area contributed by atoms with E-state index in [2.05, 4.69) is 30.5 Å². The molecule has 0 aromatic heterocycles. The zero-order valence-corrected chi connectivity index (χ0v) is 13.2. The van der Waals surface area contributed by atoms with Crippen molar-refractivity contribution in [1.82, 2.24) is 10.6 Å². The van der Waals surface area contributed by atoms with Crippen molar-refractivity contribution in [2.45, 2.75) is 32.7 Å². The first-order valence-electron chi connectivity index (χ1n) is 7.61. The Morgan fingerprint density at radius 3 is 2.95 bits per heavy atom. The largest absolute Gasteiger partial charge is 0.385 e. The van der Waals surface area contributed by atoms with Gasteiger partial charge in [-0.05, 0) is 29.4 Å². The summed E-state index contributed by atoms with van der Waals surface area (Å²) in [4.78, 5) is 12.5. The minimum Gasteiger partial charge on any atom is -0.385 e. The molecule has 1 unspecified atom stereocenters. The van der Waals surface area contributed by atoms with Crippen LogP contribution in [0, 0.1) is 5.41 Å². The first kappa shape index (κ1) is 16.0. The third-order valence-corrected chi connectivity index (χ3v) is 4.10. The van der Waals surface area contributed by atoms with Crippen LogP contribution in [0.1, 0.15) is 37.4 Å². The third kappa shape index (κ3) is 4.29. The van der Waals surface area contributed by atoms with Crippen molar-refractivity contribution < 1.29 is 9.53 Å². The number of hydrogen-bond donors (Lipinski definition) is 2. The molecule has 0 radical (unpaired) electrons. The maximum atomic E-state index is 12.5. The van der Waals surface area contributed by atoms with Crippen molar-refractivity contribution in [1.29, 1.82) is 0 Å². The van der Waals surface area contributed by atoms with Crippen molar-refractivity contribution in [3.63, 3.8) is 0 Å². The molecule has 0 fully saturated rings. The lowest BCUT2D eigenvalue weighted by Crippen LogP contribution is -2.44. The van der Waals surface area contributed by atoms with Gasteiger partial charge in [0, 0.05) is 26.8 Å². The molecule has 1 heterocycles. The van der Waals surface area contributed by atoms with Gasteiger partial charge in [-0.2, -0.15) is 0 Å². The second-order valence-corrected chi connectivity index (χ2v) is 6.46. The summed E-state index contributed by atoms with van der Waals surface area (Å²) in [5.74, 6) is 0.0626. The van der Waals surface area contributed by atoms with Crippen LogP contribution < -0.4 is 10.6 Å². The molecule has 1 atom stereocenters. The highest BCUT2D eigenvalue weighted by atomic mass is 16.5. The van der Waals surface area contributed by atoms with E-state index in [9.17, 15) is 4.79 Å². The van der Waals surface area contributed by atoms with E-state index in [1.165, 1.54) is 5.56 Å². The van der Waals surface area contributed by atoms with Gasteiger partial charge in [0.15, 0.2) is 0 Å². The maximum absolute atomic E-state index is 12.5. The predicted octanol–water partition coefficient (Wildman–Crippen LogP) is 2.05. The maximum Gasteiger partial charge on any atom is 0.241 e. The molecule has 4 heteroatoms. The smallest absolute Gasteiger partial charge is 0.241 e. The summed E-state index contributed by atoms with van der Waals surface area (Å²) in [6.45, 7) is 6.52. The lowest BCUT2D eigenvalue weighted by atomic mass is 9.89. The monoisotopic (exact) mass is 290 g/mol. The quantitative estimate of drug-likeness (QED) is 0.843. The summed E-state index contributed by atoms with van der Waals surface area (Å²) in [5, 5.41) is 6.40. The molecule has 0 saturated heterocycles. The third-order valence-electron chi connectivity index (χ3n) is 4.10. The number of hydrogen-bond acceptors (Lipinski definition) is 3. The minimum atomic E-state index is -0.229. The molecule has 21 heavy (non-hydrogen) atoms. The Hall–Kier alpha value is -1.39. The van der Waals surface area contributed by atoms with Gasteiger partial charge in [-0.1, -0.05) is 38.1 Å². The summed E-state index contributed by atoms with van der Waals surface area (Å²) in [5.41, 5.74) is 2.42. The van der Waals surface area contributed by atoms with E-state index in [0.29, 0.717) is 13.2 Å². The lowest BCUT2D eigenvalue weighted by Gasteiger charge is -2.29. The summed E-state index contributed by atoms with van der Waals surface area (Å²) >= 11 is 0. The Morgan fingerprint density at radius 2 is 2.19 bits per heavy atom. The molecule has 0 bridgehead atoms. The van der Waals surface area contributed by atoms with Gasteiger partial charge < -0.3 is 15.4 Å². The lowest BCUT2D eigenvalue weighted by molar-refractivity contribution is -0.124. The van der Waals surface area contributed by atoms with Gasteiger partial charge in [0.05, 0.1) is 0 Å². The van der Waals surface area contributed by atoms with Crippen LogP contribution in [0.3, 0.4) is 0 Å². The Morgan fingerprint density at radius 1 is 1.43 bits per heavy atom. The van der Waals surface area contributed by atoms with Crippen molar-refractivity contribution >= 4 is 5.91 Å². The second-order valence-electron chi connectivity index (χ2n) is 6.46. The average Bonchev–Trinajstić information content (AvgIpc) is 2.50. The highest BCUT2D eigenvalue weighted by Crippen LogP contribution is 2.24. The summed E-state index contributed by atoms with van der Waals surface area (Å²) in [6.07, 6.45) is 1.91. The second kappa shape index (κ2) is 7.05. The fourth-order valence-corrected chi connectivity index (χ4v) is 2.63. The summed E-state index contributed by atoms with van der Waals surface area (Å²) < 4.78 is 5.12. The van der Waals surface area contributed by atoms with Crippen LogP contribution in [0.25, 0.3) is 0 Å². The first-order chi connectivity index (χ1) is 10.0. The molecule has 0 aliphatic carbocycles. The number of benzene rings is 1. The van der Waals surface area contributed by atoms with E-state index in [1.807, 2.05) is 18.2 Å². The SMILES string of the molecule is COCCC(C)(C)CNC(=O)C1NCCc2ccccc21. The Balaban J connectivity index is 1.96.